The third-order valence-corrected chi connectivity index (χ3v) is 5.79. The molecular weight excluding hydrogens is 379 g/mol. The Balaban J connectivity index is 1.84. The van der Waals surface area contributed by atoms with Gasteiger partial charge in [-0.25, -0.2) is 12.8 Å². The Kier molecular flexibility index (Phi) is 5.17. The quantitative estimate of drug-likeness (QED) is 0.755. The van der Waals surface area contributed by atoms with Gasteiger partial charge in [0.25, 0.3) is 5.91 Å². The van der Waals surface area contributed by atoms with E-state index in [4.69, 9.17) is 0 Å². The van der Waals surface area contributed by atoms with Crippen LogP contribution in [0.4, 0.5) is 4.39 Å². The fourth-order valence-corrected chi connectivity index (χ4v) is 4.61. The Bertz CT molecular complexity index is 708. The van der Waals surface area contributed by atoms with Gasteiger partial charge in [-0.15, -0.1) is 0 Å². The summed E-state index contributed by atoms with van der Waals surface area (Å²) >= 11 is 3.06. The van der Waals surface area contributed by atoms with Gasteiger partial charge in [0, 0.05) is 10.9 Å². The molecule has 0 spiro atoms. The van der Waals surface area contributed by atoms with Crippen LogP contribution in [0.15, 0.2) is 22.7 Å². The van der Waals surface area contributed by atoms with Crippen LogP contribution in [0.3, 0.4) is 0 Å². The Labute approximate surface area is 135 Å². The van der Waals surface area contributed by atoms with Crippen LogP contribution in [0.1, 0.15) is 23.2 Å². The molecule has 0 aromatic heterocycles. The second kappa shape index (κ2) is 6.74. The van der Waals surface area contributed by atoms with Crippen molar-refractivity contribution in [2.45, 2.75) is 12.8 Å². The van der Waals surface area contributed by atoms with Gasteiger partial charge in [0.15, 0.2) is 9.84 Å². The molecule has 0 bridgehead atoms. The van der Waals surface area contributed by atoms with Crippen LogP contribution < -0.4 is 10.9 Å². The average molecular weight is 393 g/mol. The standard InChI is InChI=1S/C13H14BrFN2O4S/c14-11-6-9(15)1-2-10(11)13(19)17-16-12(18)5-8-3-4-22(20,21)7-8/h1-2,6,8H,3-5,7H2,(H,16,18)(H,17,19)/t8-/m1/s1. The highest BCUT2D eigenvalue weighted by Gasteiger charge is 2.29. The van der Waals surface area contributed by atoms with Gasteiger partial charge in [0.1, 0.15) is 5.82 Å². The lowest BCUT2D eigenvalue weighted by Crippen LogP contribution is -2.42. The molecule has 1 saturated heterocycles. The number of sulfone groups is 1. The summed E-state index contributed by atoms with van der Waals surface area (Å²) in [6, 6.07) is 3.55. The smallest absolute Gasteiger partial charge is 0.270 e. The Hall–Kier alpha value is -1.48. The zero-order valence-electron chi connectivity index (χ0n) is 11.4. The fourth-order valence-electron chi connectivity index (χ4n) is 2.21. The first-order valence-electron chi connectivity index (χ1n) is 6.51. The number of amides is 2. The van der Waals surface area contributed by atoms with Crippen molar-refractivity contribution in [3.05, 3.63) is 34.1 Å². The molecule has 1 aliphatic heterocycles. The summed E-state index contributed by atoms with van der Waals surface area (Å²) < 4.78 is 35.8. The van der Waals surface area contributed by atoms with Crippen LogP contribution >= 0.6 is 15.9 Å². The van der Waals surface area contributed by atoms with Crippen molar-refractivity contribution in [1.29, 1.82) is 0 Å². The normalized spacial score (nSPS) is 19.6. The molecule has 1 fully saturated rings. The first kappa shape index (κ1) is 16.9. The SMILES string of the molecule is O=C(C[C@H]1CCS(=O)(=O)C1)NNC(=O)c1ccc(F)cc1Br. The number of carbonyl (C=O) groups excluding carboxylic acids is 2. The molecule has 2 amide bonds. The van der Waals surface area contributed by atoms with Gasteiger partial charge in [-0.1, -0.05) is 0 Å². The molecule has 9 heteroatoms. The number of halogens is 2. The molecule has 120 valence electrons. The van der Waals surface area contributed by atoms with Crippen molar-refractivity contribution in [2.24, 2.45) is 5.92 Å². The van der Waals surface area contributed by atoms with Gasteiger partial charge in [0.2, 0.25) is 5.91 Å². The van der Waals surface area contributed by atoms with Gasteiger partial charge >= 0.3 is 0 Å². The third kappa shape index (κ3) is 4.51. The molecule has 0 radical (unpaired) electrons. The summed E-state index contributed by atoms with van der Waals surface area (Å²) in [4.78, 5) is 23.5. The maximum Gasteiger partial charge on any atom is 0.270 e. The van der Waals surface area contributed by atoms with Crippen molar-refractivity contribution in [2.75, 3.05) is 11.5 Å². The highest BCUT2D eigenvalue weighted by Crippen LogP contribution is 2.21. The summed E-state index contributed by atoms with van der Waals surface area (Å²) in [5.74, 6) is -1.68. The molecule has 1 aliphatic rings. The fraction of sp³-hybridized carbons (Fsp3) is 0.385. The molecule has 2 rings (SSSR count). The first-order valence-corrected chi connectivity index (χ1v) is 9.13. The maximum absolute atomic E-state index is 12.9. The van der Waals surface area contributed by atoms with Crippen molar-refractivity contribution in [3.63, 3.8) is 0 Å². The minimum atomic E-state index is -3.03. The number of benzene rings is 1. The summed E-state index contributed by atoms with van der Waals surface area (Å²) in [5.41, 5.74) is 4.61. The van der Waals surface area contributed by atoms with E-state index in [-0.39, 0.29) is 33.9 Å². The highest BCUT2D eigenvalue weighted by molar-refractivity contribution is 9.10. The lowest BCUT2D eigenvalue weighted by molar-refractivity contribution is -0.122. The van der Waals surface area contributed by atoms with E-state index < -0.39 is 27.5 Å². The van der Waals surface area contributed by atoms with Crippen molar-refractivity contribution in [3.8, 4) is 0 Å². The predicted molar refractivity (Wildman–Crippen MR) is 81.1 cm³/mol. The second-order valence-electron chi connectivity index (χ2n) is 5.10. The average Bonchev–Trinajstić information content (AvgIpc) is 2.75. The molecule has 22 heavy (non-hydrogen) atoms. The Morgan fingerprint density at radius 3 is 2.64 bits per heavy atom. The molecule has 0 aliphatic carbocycles. The van der Waals surface area contributed by atoms with Crippen LogP contribution in [0, 0.1) is 11.7 Å². The largest absolute Gasteiger partial charge is 0.273 e. The van der Waals surface area contributed by atoms with E-state index in [0.29, 0.717) is 6.42 Å². The molecule has 0 unspecified atom stereocenters. The van der Waals surface area contributed by atoms with Gasteiger partial charge in [-0.2, -0.15) is 0 Å². The topological polar surface area (TPSA) is 92.3 Å². The minimum absolute atomic E-state index is 0.00211. The zero-order chi connectivity index (χ0) is 16.3. The van der Waals surface area contributed by atoms with E-state index in [1.54, 1.807) is 0 Å². The van der Waals surface area contributed by atoms with Crippen LogP contribution in [0.25, 0.3) is 0 Å². The highest BCUT2D eigenvalue weighted by atomic mass is 79.9. The van der Waals surface area contributed by atoms with E-state index in [1.165, 1.54) is 6.07 Å². The molecule has 1 atom stereocenters. The number of nitrogens with one attached hydrogen (secondary N) is 2. The van der Waals surface area contributed by atoms with Crippen molar-refractivity contribution in [1.82, 2.24) is 10.9 Å². The maximum atomic E-state index is 12.9. The summed E-state index contributed by atoms with van der Waals surface area (Å²) in [5, 5.41) is 0. The number of rotatable bonds is 3. The van der Waals surface area contributed by atoms with Gasteiger partial charge < -0.3 is 0 Å². The molecule has 2 N–H and O–H groups in total. The second-order valence-corrected chi connectivity index (χ2v) is 8.18. The number of hydrogen-bond acceptors (Lipinski definition) is 4. The molecule has 6 nitrogen and oxygen atoms in total. The van der Waals surface area contributed by atoms with Crippen LogP contribution in [0.5, 0.6) is 0 Å². The molecular formula is C13H14BrFN2O4S. The first-order chi connectivity index (χ1) is 10.3. The number of carbonyl (C=O) groups is 2. The molecule has 0 saturated carbocycles. The van der Waals surface area contributed by atoms with Gasteiger partial charge in [0.05, 0.1) is 17.1 Å². The lowest BCUT2D eigenvalue weighted by Gasteiger charge is -2.10. The third-order valence-electron chi connectivity index (χ3n) is 3.29. The molecule has 1 aromatic rings. The van der Waals surface area contributed by atoms with Crippen LogP contribution in [-0.4, -0.2) is 31.7 Å². The summed E-state index contributed by atoms with van der Waals surface area (Å²) in [7, 11) is -3.03. The lowest BCUT2D eigenvalue weighted by atomic mass is 10.1. The Morgan fingerprint density at radius 2 is 2.05 bits per heavy atom. The van der Waals surface area contributed by atoms with E-state index in [0.717, 1.165) is 12.1 Å². The van der Waals surface area contributed by atoms with Crippen molar-refractivity contribution >= 4 is 37.6 Å². The number of hydrazine groups is 1. The van der Waals surface area contributed by atoms with E-state index in [1.807, 2.05) is 0 Å². The minimum Gasteiger partial charge on any atom is -0.273 e. The monoisotopic (exact) mass is 392 g/mol. The molecule has 1 aromatic carbocycles. The van der Waals surface area contributed by atoms with E-state index in [9.17, 15) is 22.4 Å². The van der Waals surface area contributed by atoms with Crippen LogP contribution in [-0.2, 0) is 14.6 Å². The molecule has 1 heterocycles. The zero-order valence-corrected chi connectivity index (χ0v) is 13.8. The summed E-state index contributed by atoms with van der Waals surface area (Å²) in [6.07, 6.45) is 0.483. The van der Waals surface area contributed by atoms with Crippen LogP contribution in [0.2, 0.25) is 0 Å². The van der Waals surface area contributed by atoms with E-state index in [2.05, 4.69) is 26.8 Å². The van der Waals surface area contributed by atoms with Gasteiger partial charge in [-0.3, -0.25) is 20.4 Å². The van der Waals surface area contributed by atoms with E-state index >= 15 is 0 Å². The van der Waals surface area contributed by atoms with Crippen molar-refractivity contribution < 1.29 is 22.4 Å². The summed E-state index contributed by atoms with van der Waals surface area (Å²) in [6.45, 7) is 0. The Morgan fingerprint density at radius 1 is 1.32 bits per heavy atom. The van der Waals surface area contributed by atoms with Gasteiger partial charge in [-0.05, 0) is 46.5 Å². The predicted octanol–water partition coefficient (Wildman–Crippen LogP) is 1.17. The number of hydrogen-bond donors (Lipinski definition) is 2.